The van der Waals surface area contributed by atoms with Crippen LogP contribution in [0.1, 0.15) is 19.3 Å². The number of sulfone groups is 1. The fourth-order valence-corrected chi connectivity index (χ4v) is 3.40. The minimum absolute atomic E-state index is 0.147. The van der Waals surface area contributed by atoms with Crippen molar-refractivity contribution >= 4 is 15.8 Å². The molecule has 82 valence electrons. The number of aliphatic carboxylic acids is 1. The fraction of sp³-hybridized carbons (Fsp3) is 0.875. The number of hydrogen-bond acceptors (Lipinski definition) is 3. The van der Waals surface area contributed by atoms with Crippen LogP contribution in [-0.4, -0.2) is 43.6 Å². The summed E-state index contributed by atoms with van der Waals surface area (Å²) >= 11 is 0. The smallest absolute Gasteiger partial charge is 0.303 e. The van der Waals surface area contributed by atoms with Crippen LogP contribution < -0.4 is 5.32 Å². The molecule has 0 aromatic rings. The molecule has 0 radical (unpaired) electrons. The minimum Gasteiger partial charge on any atom is -0.481 e. The van der Waals surface area contributed by atoms with Crippen LogP contribution in [-0.2, 0) is 14.6 Å². The van der Waals surface area contributed by atoms with E-state index in [1.807, 2.05) is 5.32 Å². The molecule has 1 atom stereocenters. The summed E-state index contributed by atoms with van der Waals surface area (Å²) in [5.41, 5.74) is 0. The maximum absolute atomic E-state index is 11.1. The molecule has 0 saturated carbocycles. The van der Waals surface area contributed by atoms with Crippen molar-refractivity contribution in [2.24, 2.45) is 0 Å². The van der Waals surface area contributed by atoms with Crippen molar-refractivity contribution in [3.8, 4) is 0 Å². The van der Waals surface area contributed by atoms with Crippen LogP contribution in [0.15, 0.2) is 0 Å². The van der Waals surface area contributed by atoms with Gasteiger partial charge in [-0.1, -0.05) is 0 Å². The van der Waals surface area contributed by atoms with Gasteiger partial charge in [-0.3, -0.25) is 4.79 Å². The predicted octanol–water partition coefficient (Wildman–Crippen LogP) is -1.40. The van der Waals surface area contributed by atoms with E-state index in [0.29, 0.717) is 19.4 Å². The van der Waals surface area contributed by atoms with Gasteiger partial charge in [-0.2, -0.15) is 0 Å². The Morgan fingerprint density at radius 3 is 2.71 bits per heavy atom. The van der Waals surface area contributed by atoms with Gasteiger partial charge in [0, 0.05) is 12.8 Å². The highest BCUT2D eigenvalue weighted by Gasteiger charge is 2.29. The summed E-state index contributed by atoms with van der Waals surface area (Å²) in [6.07, 6.45) is 1.47. The van der Waals surface area contributed by atoms with E-state index in [1.54, 1.807) is 0 Å². The lowest BCUT2D eigenvalue weighted by Crippen LogP contribution is -2.90. The van der Waals surface area contributed by atoms with E-state index in [1.165, 1.54) is 0 Å². The molecule has 0 bridgehead atoms. The van der Waals surface area contributed by atoms with Gasteiger partial charge in [-0.25, -0.2) is 8.42 Å². The van der Waals surface area contributed by atoms with Crippen molar-refractivity contribution < 1.29 is 23.6 Å². The van der Waals surface area contributed by atoms with Crippen LogP contribution in [0.5, 0.6) is 0 Å². The molecule has 0 aromatic carbocycles. The van der Waals surface area contributed by atoms with E-state index in [9.17, 15) is 13.2 Å². The van der Waals surface area contributed by atoms with Gasteiger partial charge in [-0.15, -0.1) is 0 Å². The van der Waals surface area contributed by atoms with E-state index in [2.05, 4.69) is 0 Å². The number of carboxylic acid groups (broad SMARTS) is 1. The van der Waals surface area contributed by atoms with Gasteiger partial charge in [-0.05, 0) is 0 Å². The zero-order valence-corrected chi connectivity index (χ0v) is 8.79. The molecule has 0 amide bonds. The average molecular weight is 222 g/mol. The number of nitrogens with two attached hydrogens (primary N) is 1. The highest BCUT2D eigenvalue weighted by molar-refractivity contribution is 7.91. The lowest BCUT2D eigenvalue weighted by molar-refractivity contribution is -0.684. The number of carboxylic acids is 1. The first kappa shape index (κ1) is 11.5. The van der Waals surface area contributed by atoms with E-state index < -0.39 is 15.8 Å². The van der Waals surface area contributed by atoms with Crippen molar-refractivity contribution in [2.75, 3.05) is 18.1 Å². The lowest BCUT2D eigenvalue weighted by atomic mass is 10.2. The molecular weight excluding hydrogens is 206 g/mol. The molecule has 0 aliphatic carbocycles. The summed E-state index contributed by atoms with van der Waals surface area (Å²) in [5, 5.41) is 10.3. The summed E-state index contributed by atoms with van der Waals surface area (Å²) in [6.45, 7) is 0.701. The monoisotopic (exact) mass is 222 g/mol. The van der Waals surface area contributed by atoms with Crippen LogP contribution in [0, 0.1) is 0 Å². The Labute approximate surface area is 83.4 Å². The van der Waals surface area contributed by atoms with Crippen molar-refractivity contribution in [2.45, 2.75) is 25.3 Å². The minimum atomic E-state index is -2.80. The second-order valence-corrected chi connectivity index (χ2v) is 5.91. The average Bonchev–Trinajstić information content (AvgIpc) is 2.39. The molecule has 1 fully saturated rings. The normalized spacial score (nSPS) is 25.0. The van der Waals surface area contributed by atoms with Gasteiger partial charge in [0.2, 0.25) is 0 Å². The summed E-state index contributed by atoms with van der Waals surface area (Å²) in [6, 6.07) is 0.147. The van der Waals surface area contributed by atoms with Gasteiger partial charge in [0.1, 0.15) is 11.8 Å². The highest BCUT2D eigenvalue weighted by atomic mass is 32.2. The molecule has 1 unspecified atom stereocenters. The Hall–Kier alpha value is -0.620. The summed E-state index contributed by atoms with van der Waals surface area (Å²) in [7, 11) is -2.80. The molecule has 0 aromatic heterocycles. The SMILES string of the molecule is O=C(O)CCC[NH2+]C1CCS(=O)(=O)C1. The molecule has 0 spiro atoms. The zero-order chi connectivity index (χ0) is 10.6. The topological polar surface area (TPSA) is 88.0 Å². The molecular formula is C8H16NO4S+. The van der Waals surface area contributed by atoms with Gasteiger partial charge in [0.05, 0.1) is 18.7 Å². The maximum Gasteiger partial charge on any atom is 0.303 e. The Morgan fingerprint density at radius 2 is 2.21 bits per heavy atom. The molecule has 3 N–H and O–H groups in total. The van der Waals surface area contributed by atoms with Crippen molar-refractivity contribution in [3.63, 3.8) is 0 Å². The summed E-state index contributed by atoms with van der Waals surface area (Å²) < 4.78 is 22.1. The van der Waals surface area contributed by atoms with E-state index in [0.717, 1.165) is 0 Å². The Kier molecular flexibility index (Phi) is 3.88. The summed E-state index contributed by atoms with van der Waals surface area (Å²) in [4.78, 5) is 10.2. The Bertz CT molecular complexity index is 298. The van der Waals surface area contributed by atoms with Gasteiger partial charge in [0.25, 0.3) is 0 Å². The maximum atomic E-state index is 11.1. The van der Waals surface area contributed by atoms with Crippen LogP contribution >= 0.6 is 0 Å². The van der Waals surface area contributed by atoms with Crippen molar-refractivity contribution in [1.29, 1.82) is 0 Å². The van der Waals surface area contributed by atoms with E-state index in [-0.39, 0.29) is 24.0 Å². The van der Waals surface area contributed by atoms with E-state index in [4.69, 9.17) is 5.11 Å². The zero-order valence-electron chi connectivity index (χ0n) is 7.98. The Morgan fingerprint density at radius 1 is 1.50 bits per heavy atom. The first-order valence-corrected chi connectivity index (χ1v) is 6.57. The number of quaternary nitrogens is 1. The molecule has 1 heterocycles. The van der Waals surface area contributed by atoms with Gasteiger partial charge in [0.15, 0.2) is 9.84 Å². The Balaban J connectivity index is 2.12. The number of hydrogen-bond donors (Lipinski definition) is 2. The highest BCUT2D eigenvalue weighted by Crippen LogP contribution is 2.07. The molecule has 14 heavy (non-hydrogen) atoms. The second-order valence-electron chi connectivity index (χ2n) is 3.68. The molecule has 1 rings (SSSR count). The summed E-state index contributed by atoms with van der Waals surface area (Å²) in [5.74, 6) is -0.259. The first-order valence-electron chi connectivity index (χ1n) is 4.75. The molecule has 1 aliphatic heterocycles. The largest absolute Gasteiger partial charge is 0.481 e. The van der Waals surface area contributed by atoms with Gasteiger partial charge >= 0.3 is 5.97 Å². The number of carbonyl (C=O) groups is 1. The third-order valence-corrected chi connectivity index (χ3v) is 4.16. The van der Waals surface area contributed by atoms with Crippen molar-refractivity contribution in [3.05, 3.63) is 0 Å². The third kappa shape index (κ3) is 4.06. The first-order chi connectivity index (χ1) is 6.49. The van der Waals surface area contributed by atoms with Crippen LogP contribution in [0.3, 0.4) is 0 Å². The van der Waals surface area contributed by atoms with Crippen molar-refractivity contribution in [1.82, 2.24) is 0 Å². The predicted molar refractivity (Wildman–Crippen MR) is 50.7 cm³/mol. The van der Waals surface area contributed by atoms with Crippen LogP contribution in [0.2, 0.25) is 0 Å². The standard InChI is InChI=1S/C8H15NO4S/c10-8(11)2-1-4-9-7-3-5-14(12,13)6-7/h7,9H,1-6H2,(H,10,11)/p+1. The molecule has 6 heteroatoms. The third-order valence-electron chi connectivity index (χ3n) is 2.36. The number of rotatable bonds is 5. The van der Waals surface area contributed by atoms with Crippen LogP contribution in [0.25, 0.3) is 0 Å². The lowest BCUT2D eigenvalue weighted by Gasteiger charge is -2.05. The molecule has 5 nitrogen and oxygen atoms in total. The van der Waals surface area contributed by atoms with Gasteiger partial charge < -0.3 is 10.4 Å². The quantitative estimate of drug-likeness (QED) is 0.560. The molecule has 1 aliphatic rings. The van der Waals surface area contributed by atoms with E-state index >= 15 is 0 Å². The van der Waals surface area contributed by atoms with Crippen LogP contribution in [0.4, 0.5) is 0 Å². The second kappa shape index (κ2) is 4.75. The fourth-order valence-electron chi connectivity index (χ4n) is 1.62. The molecule has 1 saturated heterocycles.